The Morgan fingerprint density at radius 2 is 1.68 bits per heavy atom. The van der Waals surface area contributed by atoms with Crippen molar-refractivity contribution in [2.24, 2.45) is 0 Å². The lowest BCUT2D eigenvalue weighted by Crippen LogP contribution is -2.17. The number of alkyl halides is 3. The van der Waals surface area contributed by atoms with Crippen LogP contribution in [-0.2, 0) is 9.53 Å². The zero-order valence-corrected chi connectivity index (χ0v) is 13.3. The van der Waals surface area contributed by atoms with E-state index in [1.165, 1.54) is 24.3 Å². The second kappa shape index (κ2) is 6.44. The van der Waals surface area contributed by atoms with Gasteiger partial charge in [0.15, 0.2) is 0 Å². The molecule has 2 aromatic carbocycles. The summed E-state index contributed by atoms with van der Waals surface area (Å²) in [5.74, 6) is -1.59. The fourth-order valence-corrected chi connectivity index (χ4v) is 2.58. The van der Waals surface area contributed by atoms with E-state index < -0.39 is 23.9 Å². The van der Waals surface area contributed by atoms with Gasteiger partial charge in [0.25, 0.3) is 0 Å². The van der Waals surface area contributed by atoms with E-state index in [-0.39, 0.29) is 17.1 Å². The van der Waals surface area contributed by atoms with Gasteiger partial charge in [0.2, 0.25) is 0 Å². The minimum atomic E-state index is -4.80. The summed E-state index contributed by atoms with van der Waals surface area (Å²) in [5, 5.41) is 0. The molecular formula is C17H10F4O3S. The molecular weight excluding hydrogens is 360 g/mol. The van der Waals surface area contributed by atoms with E-state index in [4.69, 9.17) is 4.74 Å². The van der Waals surface area contributed by atoms with Crippen LogP contribution in [0.2, 0.25) is 0 Å². The first-order chi connectivity index (χ1) is 11.7. The Labute approximate surface area is 145 Å². The first kappa shape index (κ1) is 17.3. The van der Waals surface area contributed by atoms with Crippen LogP contribution in [0.3, 0.4) is 0 Å². The number of carbonyl (C=O) groups excluding carboxylic acids is 1. The third-order valence-corrected chi connectivity index (χ3v) is 3.89. The highest BCUT2D eigenvalue weighted by Crippen LogP contribution is 2.35. The minimum absolute atomic E-state index is 0.0552. The topological polar surface area (TPSA) is 35.5 Å². The molecule has 0 bridgehead atoms. The molecule has 0 saturated heterocycles. The summed E-state index contributed by atoms with van der Waals surface area (Å²) in [5.41, 5.74) is 1.40. The number of rotatable bonds is 3. The Morgan fingerprint density at radius 1 is 1.04 bits per heavy atom. The zero-order chi connectivity index (χ0) is 18.2. The van der Waals surface area contributed by atoms with Crippen LogP contribution in [0.25, 0.3) is 11.1 Å². The molecule has 130 valence electrons. The van der Waals surface area contributed by atoms with E-state index in [0.717, 1.165) is 12.1 Å². The van der Waals surface area contributed by atoms with Gasteiger partial charge in [-0.25, -0.2) is 9.18 Å². The van der Waals surface area contributed by atoms with Gasteiger partial charge in [0.1, 0.15) is 18.2 Å². The van der Waals surface area contributed by atoms with Gasteiger partial charge in [-0.05, 0) is 35.4 Å². The third kappa shape index (κ3) is 3.79. The number of halogens is 4. The average molecular weight is 370 g/mol. The molecule has 0 atom stereocenters. The van der Waals surface area contributed by atoms with Crippen LogP contribution in [0.15, 0.2) is 47.4 Å². The van der Waals surface area contributed by atoms with Gasteiger partial charge in [0, 0.05) is 10.5 Å². The number of esters is 1. The molecule has 1 heterocycles. The van der Waals surface area contributed by atoms with Gasteiger partial charge in [-0.15, -0.1) is 25.8 Å². The van der Waals surface area contributed by atoms with Gasteiger partial charge in [-0.3, -0.25) is 0 Å². The van der Waals surface area contributed by atoms with Crippen LogP contribution in [0, 0.1) is 5.82 Å². The largest absolute Gasteiger partial charge is 0.573 e. The lowest BCUT2D eigenvalue weighted by Gasteiger charge is -2.10. The Morgan fingerprint density at radius 3 is 2.28 bits per heavy atom. The Bertz CT molecular complexity index is 857. The molecule has 1 aliphatic rings. The quantitative estimate of drug-likeness (QED) is 0.492. The monoisotopic (exact) mass is 370 g/mol. The van der Waals surface area contributed by atoms with Crippen LogP contribution in [-0.4, -0.2) is 18.9 Å². The van der Waals surface area contributed by atoms with Crippen LogP contribution < -0.4 is 4.74 Å². The van der Waals surface area contributed by atoms with Crippen molar-refractivity contribution in [1.29, 1.82) is 0 Å². The van der Waals surface area contributed by atoms with Gasteiger partial charge in [0.05, 0.1) is 5.57 Å². The molecule has 0 unspecified atom stereocenters. The molecule has 0 spiro atoms. The van der Waals surface area contributed by atoms with Gasteiger partial charge < -0.3 is 9.47 Å². The molecule has 1 aliphatic heterocycles. The van der Waals surface area contributed by atoms with Crippen molar-refractivity contribution in [3.63, 3.8) is 0 Å². The molecule has 0 radical (unpaired) electrons. The highest BCUT2D eigenvalue weighted by atomic mass is 32.1. The van der Waals surface area contributed by atoms with Crippen molar-refractivity contribution in [2.75, 3.05) is 6.61 Å². The molecule has 0 fully saturated rings. The normalized spacial score (nSPS) is 14.7. The summed E-state index contributed by atoms with van der Waals surface area (Å²) in [6.45, 7) is -0.0552. The number of cyclic esters (lactones) is 1. The maximum absolute atomic E-state index is 13.7. The summed E-state index contributed by atoms with van der Waals surface area (Å²) < 4.78 is 59.2. The SMILES string of the molecule is O=C1OCC(c2ccc(S)c(F)c2)=C1c1ccc(OC(F)(F)F)cc1. The van der Waals surface area contributed by atoms with Crippen molar-refractivity contribution in [2.45, 2.75) is 11.3 Å². The van der Waals surface area contributed by atoms with Gasteiger partial charge in [-0.2, -0.15) is 0 Å². The molecule has 0 amide bonds. The number of benzene rings is 2. The lowest BCUT2D eigenvalue weighted by molar-refractivity contribution is -0.274. The molecule has 8 heteroatoms. The van der Waals surface area contributed by atoms with Crippen LogP contribution >= 0.6 is 12.6 Å². The summed E-state index contributed by atoms with van der Waals surface area (Å²) in [6, 6.07) is 9.07. The molecule has 0 aromatic heterocycles. The van der Waals surface area contributed by atoms with Crippen molar-refractivity contribution in [1.82, 2.24) is 0 Å². The molecule has 0 saturated carbocycles. The molecule has 2 aromatic rings. The summed E-state index contributed by atoms with van der Waals surface area (Å²) in [7, 11) is 0. The number of hydrogen-bond donors (Lipinski definition) is 1. The van der Waals surface area contributed by atoms with Crippen molar-refractivity contribution in [3.8, 4) is 5.75 Å². The summed E-state index contributed by atoms with van der Waals surface area (Å²) in [6.07, 6.45) is -4.80. The van der Waals surface area contributed by atoms with E-state index >= 15 is 0 Å². The molecule has 3 nitrogen and oxygen atoms in total. The average Bonchev–Trinajstić information content (AvgIpc) is 2.91. The van der Waals surface area contributed by atoms with Crippen LogP contribution in [0.1, 0.15) is 11.1 Å². The predicted octanol–water partition coefficient (Wildman–Crippen LogP) is 4.48. The summed E-state index contributed by atoms with van der Waals surface area (Å²) >= 11 is 3.95. The van der Waals surface area contributed by atoms with Crippen molar-refractivity contribution >= 4 is 29.7 Å². The van der Waals surface area contributed by atoms with Crippen molar-refractivity contribution < 1.29 is 31.8 Å². The van der Waals surface area contributed by atoms with E-state index in [1.54, 1.807) is 6.07 Å². The second-order valence-corrected chi connectivity index (χ2v) is 5.65. The first-order valence-electron chi connectivity index (χ1n) is 7.00. The van der Waals surface area contributed by atoms with Crippen molar-refractivity contribution in [3.05, 3.63) is 59.4 Å². The smallest absolute Gasteiger partial charge is 0.457 e. The highest BCUT2D eigenvalue weighted by molar-refractivity contribution is 7.80. The Balaban J connectivity index is 2.00. The maximum atomic E-state index is 13.7. The zero-order valence-electron chi connectivity index (χ0n) is 12.4. The Kier molecular flexibility index (Phi) is 4.47. The van der Waals surface area contributed by atoms with Gasteiger partial charge in [-0.1, -0.05) is 18.2 Å². The summed E-state index contributed by atoms with van der Waals surface area (Å²) in [4.78, 5) is 12.2. The van der Waals surface area contributed by atoms with Crippen LogP contribution in [0.5, 0.6) is 5.75 Å². The highest BCUT2D eigenvalue weighted by Gasteiger charge is 2.31. The van der Waals surface area contributed by atoms with E-state index in [2.05, 4.69) is 17.4 Å². The number of ether oxygens (including phenoxy) is 2. The fourth-order valence-electron chi connectivity index (χ4n) is 2.44. The minimum Gasteiger partial charge on any atom is -0.457 e. The second-order valence-electron chi connectivity index (χ2n) is 5.17. The van der Waals surface area contributed by atoms with E-state index in [0.29, 0.717) is 16.7 Å². The molecule has 0 aliphatic carbocycles. The standard InChI is InChI=1S/C17H10F4O3S/c18-13-7-10(3-6-14(13)25)12-8-23-16(22)15(12)9-1-4-11(5-2-9)24-17(19,20)21/h1-7,25H,8H2. The number of hydrogen-bond acceptors (Lipinski definition) is 4. The predicted molar refractivity (Wildman–Crippen MR) is 84.6 cm³/mol. The van der Waals surface area contributed by atoms with Gasteiger partial charge >= 0.3 is 12.3 Å². The number of thiol groups is 1. The fraction of sp³-hybridized carbons (Fsp3) is 0.118. The van der Waals surface area contributed by atoms with E-state index in [9.17, 15) is 22.4 Å². The third-order valence-electron chi connectivity index (χ3n) is 3.53. The molecule has 0 N–H and O–H groups in total. The lowest BCUT2D eigenvalue weighted by atomic mass is 9.96. The molecule has 3 rings (SSSR count). The van der Waals surface area contributed by atoms with E-state index in [1.807, 2.05) is 0 Å². The maximum Gasteiger partial charge on any atom is 0.573 e. The number of carbonyl (C=O) groups is 1. The molecule has 25 heavy (non-hydrogen) atoms. The Hall–Kier alpha value is -2.48. The first-order valence-corrected chi connectivity index (χ1v) is 7.44. The van der Waals surface area contributed by atoms with Crippen LogP contribution in [0.4, 0.5) is 17.6 Å².